The third-order valence-corrected chi connectivity index (χ3v) is 2.36. The van der Waals surface area contributed by atoms with Gasteiger partial charge in [0, 0.05) is 6.54 Å². The molecule has 0 unspecified atom stereocenters. The van der Waals surface area contributed by atoms with Crippen molar-refractivity contribution < 1.29 is 0 Å². The first kappa shape index (κ1) is 11.1. The molecule has 0 amide bonds. The fraction of sp³-hybridized carbons (Fsp3) is 0.600. The van der Waals surface area contributed by atoms with E-state index in [2.05, 4.69) is 25.0 Å². The second kappa shape index (κ2) is 4.47. The summed E-state index contributed by atoms with van der Waals surface area (Å²) in [6.07, 6.45) is 0.801. The Morgan fingerprint density at radius 3 is 2.64 bits per heavy atom. The maximum absolute atomic E-state index is 8.93. The molecule has 0 fully saturated rings. The zero-order valence-electron chi connectivity index (χ0n) is 8.71. The maximum atomic E-state index is 8.93. The monoisotopic (exact) mass is 211 g/mol. The van der Waals surface area contributed by atoms with Gasteiger partial charge in [0.05, 0.1) is 5.69 Å². The van der Waals surface area contributed by atoms with Gasteiger partial charge in [-0.1, -0.05) is 25.4 Å². The van der Waals surface area contributed by atoms with Gasteiger partial charge in [-0.3, -0.25) is 4.68 Å². The molecule has 0 aliphatic carbocycles. The van der Waals surface area contributed by atoms with Crippen LogP contribution in [0.2, 0.25) is 5.15 Å². The molecule has 0 aliphatic heterocycles. The fourth-order valence-corrected chi connectivity index (χ4v) is 1.65. The smallest absolute Gasteiger partial charge is 0.145 e. The average molecular weight is 212 g/mol. The van der Waals surface area contributed by atoms with Gasteiger partial charge < -0.3 is 0 Å². The van der Waals surface area contributed by atoms with E-state index in [0.717, 1.165) is 12.1 Å². The zero-order chi connectivity index (χ0) is 10.7. The van der Waals surface area contributed by atoms with Gasteiger partial charge in [-0.15, -0.1) is 0 Å². The van der Waals surface area contributed by atoms with Crippen LogP contribution >= 0.6 is 11.6 Å². The summed E-state index contributed by atoms with van der Waals surface area (Å²) in [4.78, 5) is 0. The lowest BCUT2D eigenvalue weighted by Crippen LogP contribution is -1.99. The van der Waals surface area contributed by atoms with Crippen molar-refractivity contribution in [2.75, 3.05) is 0 Å². The van der Waals surface area contributed by atoms with Gasteiger partial charge in [-0.25, -0.2) is 0 Å². The second-order valence-corrected chi connectivity index (χ2v) is 4.00. The fourth-order valence-electron chi connectivity index (χ4n) is 1.34. The minimum absolute atomic E-state index is 0.464. The van der Waals surface area contributed by atoms with Gasteiger partial charge in [0.2, 0.25) is 0 Å². The minimum atomic E-state index is 0.464. The number of nitrogens with zero attached hydrogens (tertiary/aromatic N) is 3. The van der Waals surface area contributed by atoms with Gasteiger partial charge in [0.1, 0.15) is 16.8 Å². The van der Waals surface area contributed by atoms with Gasteiger partial charge in [-0.05, 0) is 19.3 Å². The molecule has 0 N–H and O–H groups in total. The molecule has 1 aromatic heterocycles. The molecular weight excluding hydrogens is 198 g/mol. The Morgan fingerprint density at radius 1 is 1.57 bits per heavy atom. The molecule has 4 heteroatoms. The molecule has 3 nitrogen and oxygen atoms in total. The van der Waals surface area contributed by atoms with Gasteiger partial charge >= 0.3 is 0 Å². The Morgan fingerprint density at radius 2 is 2.21 bits per heavy atom. The van der Waals surface area contributed by atoms with Crippen LogP contribution in [-0.4, -0.2) is 9.78 Å². The zero-order valence-corrected chi connectivity index (χ0v) is 9.47. The summed E-state index contributed by atoms with van der Waals surface area (Å²) in [6.45, 7) is 6.85. The SMILES string of the molecule is CCn1nc(CC(C)C)c(C#N)c1Cl. The number of rotatable bonds is 3. The van der Waals surface area contributed by atoms with Crippen molar-refractivity contribution in [2.45, 2.75) is 33.7 Å². The topological polar surface area (TPSA) is 41.6 Å². The van der Waals surface area contributed by atoms with Crippen molar-refractivity contribution in [3.8, 4) is 6.07 Å². The van der Waals surface area contributed by atoms with Crippen molar-refractivity contribution >= 4 is 11.6 Å². The molecule has 14 heavy (non-hydrogen) atoms. The molecular formula is C10H14ClN3. The number of nitriles is 1. The van der Waals surface area contributed by atoms with Gasteiger partial charge in [0.25, 0.3) is 0 Å². The molecule has 1 heterocycles. The van der Waals surface area contributed by atoms with Crippen molar-refractivity contribution in [3.63, 3.8) is 0 Å². The molecule has 1 rings (SSSR count). The molecule has 0 aliphatic rings. The first-order chi connectivity index (χ1) is 6.60. The highest BCUT2D eigenvalue weighted by atomic mass is 35.5. The van der Waals surface area contributed by atoms with E-state index in [1.54, 1.807) is 4.68 Å². The maximum Gasteiger partial charge on any atom is 0.145 e. The Hall–Kier alpha value is -1.01. The van der Waals surface area contributed by atoms with Crippen molar-refractivity contribution in [2.24, 2.45) is 5.92 Å². The summed E-state index contributed by atoms with van der Waals surface area (Å²) >= 11 is 5.99. The van der Waals surface area contributed by atoms with Crippen LogP contribution in [0.25, 0.3) is 0 Å². The molecule has 0 bridgehead atoms. The first-order valence-corrected chi connectivity index (χ1v) is 5.13. The van der Waals surface area contributed by atoms with Crippen LogP contribution in [0.1, 0.15) is 32.0 Å². The Kier molecular flexibility index (Phi) is 3.54. The van der Waals surface area contributed by atoms with Gasteiger partial charge in [0.15, 0.2) is 0 Å². The summed E-state index contributed by atoms with van der Waals surface area (Å²) in [5.74, 6) is 0.485. The largest absolute Gasteiger partial charge is 0.253 e. The van der Waals surface area contributed by atoms with Crippen molar-refractivity contribution in [3.05, 3.63) is 16.4 Å². The summed E-state index contributed by atoms with van der Waals surface area (Å²) < 4.78 is 1.66. The molecule has 0 spiro atoms. The normalized spacial score (nSPS) is 10.6. The number of hydrogen-bond acceptors (Lipinski definition) is 2. The molecule has 0 aromatic carbocycles. The molecule has 1 aromatic rings. The highest BCUT2D eigenvalue weighted by Crippen LogP contribution is 2.21. The summed E-state index contributed by atoms with van der Waals surface area (Å²) in [7, 11) is 0. The summed E-state index contributed by atoms with van der Waals surface area (Å²) in [5, 5.41) is 13.7. The molecule has 0 saturated heterocycles. The van der Waals surface area contributed by atoms with Crippen LogP contribution < -0.4 is 0 Å². The average Bonchev–Trinajstić information content (AvgIpc) is 2.41. The number of aromatic nitrogens is 2. The Bertz CT molecular complexity index is 360. The van der Waals surface area contributed by atoms with E-state index in [0.29, 0.717) is 23.2 Å². The van der Waals surface area contributed by atoms with Crippen LogP contribution in [0.4, 0.5) is 0 Å². The van der Waals surface area contributed by atoms with Crippen molar-refractivity contribution in [1.29, 1.82) is 5.26 Å². The molecule has 76 valence electrons. The quantitative estimate of drug-likeness (QED) is 0.771. The Labute approximate surface area is 89.3 Å². The van der Waals surface area contributed by atoms with E-state index >= 15 is 0 Å². The number of hydrogen-bond donors (Lipinski definition) is 0. The third kappa shape index (κ3) is 2.08. The van der Waals surface area contributed by atoms with E-state index in [1.165, 1.54) is 0 Å². The molecule has 0 radical (unpaired) electrons. The summed E-state index contributed by atoms with van der Waals surface area (Å²) in [5.41, 5.74) is 1.34. The van der Waals surface area contributed by atoms with Crippen LogP contribution in [-0.2, 0) is 13.0 Å². The Balaban J connectivity index is 3.11. The van der Waals surface area contributed by atoms with E-state index in [-0.39, 0.29) is 0 Å². The third-order valence-electron chi connectivity index (χ3n) is 1.98. The van der Waals surface area contributed by atoms with E-state index in [4.69, 9.17) is 16.9 Å². The van der Waals surface area contributed by atoms with Crippen LogP contribution in [0.3, 0.4) is 0 Å². The lowest BCUT2D eigenvalue weighted by Gasteiger charge is -1.99. The number of aryl methyl sites for hydroxylation is 1. The highest BCUT2D eigenvalue weighted by molar-refractivity contribution is 6.30. The van der Waals surface area contributed by atoms with Gasteiger partial charge in [-0.2, -0.15) is 10.4 Å². The second-order valence-electron chi connectivity index (χ2n) is 3.64. The first-order valence-electron chi connectivity index (χ1n) is 4.75. The standard InChI is InChI=1S/C10H14ClN3/c1-4-14-10(11)8(6-12)9(13-14)5-7(2)3/h7H,4-5H2,1-3H3. The van der Waals surface area contributed by atoms with E-state index < -0.39 is 0 Å². The van der Waals surface area contributed by atoms with E-state index in [1.807, 2.05) is 6.92 Å². The van der Waals surface area contributed by atoms with Crippen LogP contribution in [0.5, 0.6) is 0 Å². The van der Waals surface area contributed by atoms with E-state index in [9.17, 15) is 0 Å². The highest BCUT2D eigenvalue weighted by Gasteiger charge is 2.15. The minimum Gasteiger partial charge on any atom is -0.253 e. The van der Waals surface area contributed by atoms with Crippen LogP contribution in [0.15, 0.2) is 0 Å². The predicted molar refractivity (Wildman–Crippen MR) is 56.2 cm³/mol. The predicted octanol–water partition coefficient (Wildman–Crippen LogP) is 2.63. The lowest BCUT2D eigenvalue weighted by atomic mass is 10.1. The number of halogens is 1. The van der Waals surface area contributed by atoms with Crippen LogP contribution in [0, 0.1) is 17.2 Å². The molecule has 0 saturated carbocycles. The van der Waals surface area contributed by atoms with Crippen molar-refractivity contribution in [1.82, 2.24) is 9.78 Å². The summed E-state index contributed by atoms with van der Waals surface area (Å²) in [6, 6.07) is 2.11. The lowest BCUT2D eigenvalue weighted by molar-refractivity contribution is 0.600. The molecule has 0 atom stereocenters.